The van der Waals surface area contributed by atoms with Crippen LogP contribution in [0.3, 0.4) is 0 Å². The van der Waals surface area contributed by atoms with E-state index in [0.717, 1.165) is 9.80 Å². The Balaban J connectivity index is 3.20. The normalized spacial score (nSPS) is 11.6. The topological polar surface area (TPSA) is 3.24 Å². The van der Waals surface area contributed by atoms with E-state index in [9.17, 15) is 0 Å². The highest BCUT2D eigenvalue weighted by Crippen LogP contribution is 2.32. The molecule has 0 N–H and O–H groups in total. The van der Waals surface area contributed by atoms with Gasteiger partial charge in [-0.3, -0.25) is 0 Å². The molecule has 1 nitrogen and oxygen atoms in total. The van der Waals surface area contributed by atoms with E-state index in [-0.39, 0.29) is 5.54 Å². The van der Waals surface area contributed by atoms with Crippen molar-refractivity contribution >= 4 is 37.5 Å². The molecule has 0 saturated carbocycles. The lowest BCUT2D eigenvalue weighted by molar-refractivity contribution is 0.537. The number of benzene rings is 1. The van der Waals surface area contributed by atoms with Crippen molar-refractivity contribution in [1.29, 1.82) is 0 Å². The first-order chi connectivity index (χ1) is 6.88. The van der Waals surface area contributed by atoms with Gasteiger partial charge in [-0.05, 0) is 32.9 Å². The van der Waals surface area contributed by atoms with Gasteiger partial charge in [0.25, 0.3) is 0 Å². The molecule has 0 aromatic heterocycles. The number of rotatable bonds is 2. The molecule has 0 bridgehead atoms. The van der Waals surface area contributed by atoms with Crippen LogP contribution in [-0.4, -0.2) is 12.6 Å². The van der Waals surface area contributed by atoms with E-state index in [2.05, 4.69) is 82.8 Å². The van der Waals surface area contributed by atoms with Gasteiger partial charge in [0.2, 0.25) is 0 Å². The van der Waals surface area contributed by atoms with Crippen LogP contribution in [0.25, 0.3) is 0 Å². The maximum atomic E-state index is 3.59. The monoisotopic (exact) mass is 333 g/mol. The largest absolute Gasteiger partial charge is 0.369 e. The van der Waals surface area contributed by atoms with Crippen molar-refractivity contribution in [3.05, 3.63) is 28.2 Å². The molecule has 0 aliphatic rings. The predicted molar refractivity (Wildman–Crippen MR) is 74.9 cm³/mol. The fourth-order valence-corrected chi connectivity index (χ4v) is 2.82. The number of hydrogen-bond acceptors (Lipinski definition) is 1. The summed E-state index contributed by atoms with van der Waals surface area (Å²) < 4.78 is 1.16. The van der Waals surface area contributed by atoms with Gasteiger partial charge in [0, 0.05) is 33.6 Å². The average Bonchev–Trinajstić information content (AvgIpc) is 2.14. The Kier molecular flexibility index (Phi) is 4.24. The van der Waals surface area contributed by atoms with Gasteiger partial charge in [0.05, 0.1) is 0 Å². The van der Waals surface area contributed by atoms with Gasteiger partial charge in [-0.2, -0.15) is 0 Å². The minimum absolute atomic E-state index is 0.137. The third-order valence-corrected chi connectivity index (χ3v) is 3.90. The lowest BCUT2D eigenvalue weighted by Gasteiger charge is -2.35. The molecule has 0 radical (unpaired) electrons. The third-order valence-electron chi connectivity index (χ3n) is 2.60. The molecule has 1 rings (SSSR count). The van der Waals surface area contributed by atoms with Gasteiger partial charge in [0.1, 0.15) is 0 Å². The molecular formula is C12H17Br2N. The zero-order valence-electron chi connectivity index (χ0n) is 9.64. The summed E-state index contributed by atoms with van der Waals surface area (Å²) in [5.41, 5.74) is 2.71. The van der Waals surface area contributed by atoms with E-state index < -0.39 is 0 Å². The summed E-state index contributed by atoms with van der Waals surface area (Å²) >= 11 is 7.12. The van der Waals surface area contributed by atoms with Crippen LogP contribution in [0.4, 0.5) is 5.69 Å². The van der Waals surface area contributed by atoms with Crippen molar-refractivity contribution in [2.75, 3.05) is 11.9 Å². The molecule has 15 heavy (non-hydrogen) atoms. The van der Waals surface area contributed by atoms with Gasteiger partial charge < -0.3 is 4.90 Å². The molecule has 0 aliphatic carbocycles. The molecule has 0 spiro atoms. The first-order valence-corrected chi connectivity index (χ1v) is 6.86. The number of nitrogens with zero attached hydrogens (tertiary/aromatic N) is 1. The van der Waals surface area contributed by atoms with Crippen LogP contribution in [0.15, 0.2) is 22.7 Å². The second-order valence-corrected chi connectivity index (χ2v) is 6.02. The summed E-state index contributed by atoms with van der Waals surface area (Å²) in [5, 5.41) is 0.865. The summed E-state index contributed by atoms with van der Waals surface area (Å²) in [6, 6.07) is 6.32. The second-order valence-electron chi connectivity index (χ2n) is 4.60. The molecule has 0 amide bonds. The summed E-state index contributed by atoms with van der Waals surface area (Å²) in [7, 11) is 2.13. The Morgan fingerprint density at radius 3 is 2.33 bits per heavy atom. The van der Waals surface area contributed by atoms with Crippen LogP contribution in [0.5, 0.6) is 0 Å². The zero-order valence-corrected chi connectivity index (χ0v) is 12.8. The number of alkyl halides is 1. The minimum Gasteiger partial charge on any atom is -0.369 e. The number of hydrogen-bond donors (Lipinski definition) is 0. The van der Waals surface area contributed by atoms with Crippen LogP contribution >= 0.6 is 31.9 Å². The van der Waals surface area contributed by atoms with Gasteiger partial charge in [-0.25, -0.2) is 0 Å². The zero-order chi connectivity index (χ0) is 11.6. The standard InChI is InChI=1S/C12H17Br2N/c1-12(2,3)15(4)11-7-5-6-10(14)9(11)8-13/h5-7H,8H2,1-4H3. The maximum Gasteiger partial charge on any atom is 0.0420 e. The SMILES string of the molecule is CN(c1cccc(Br)c1CBr)C(C)(C)C. The summed E-state index contributed by atoms with van der Waals surface area (Å²) in [4.78, 5) is 2.30. The highest BCUT2D eigenvalue weighted by Gasteiger charge is 2.20. The number of halogens is 2. The van der Waals surface area contributed by atoms with E-state index >= 15 is 0 Å². The van der Waals surface area contributed by atoms with Gasteiger partial charge in [-0.15, -0.1) is 0 Å². The Bertz CT molecular complexity index is 342. The molecule has 0 fully saturated rings. The molecule has 0 unspecified atom stereocenters. The van der Waals surface area contributed by atoms with Crippen molar-refractivity contribution < 1.29 is 0 Å². The summed E-state index contributed by atoms with van der Waals surface area (Å²) in [6.07, 6.45) is 0. The molecule has 0 saturated heterocycles. The summed E-state index contributed by atoms with van der Waals surface area (Å²) in [5.74, 6) is 0. The Labute approximate surface area is 109 Å². The quantitative estimate of drug-likeness (QED) is 0.715. The molecule has 0 atom stereocenters. The van der Waals surface area contributed by atoms with Gasteiger partial charge >= 0.3 is 0 Å². The van der Waals surface area contributed by atoms with Crippen molar-refractivity contribution in [1.82, 2.24) is 0 Å². The van der Waals surface area contributed by atoms with Crippen LogP contribution < -0.4 is 4.90 Å². The molecule has 1 aromatic carbocycles. The smallest absolute Gasteiger partial charge is 0.0420 e. The second kappa shape index (κ2) is 4.88. The molecule has 3 heteroatoms. The predicted octanol–water partition coefficient (Wildman–Crippen LogP) is 4.58. The van der Waals surface area contributed by atoms with E-state index in [1.54, 1.807) is 0 Å². The lowest BCUT2D eigenvalue weighted by atomic mass is 10.0. The summed E-state index contributed by atoms with van der Waals surface area (Å²) in [6.45, 7) is 6.64. The van der Waals surface area contributed by atoms with E-state index in [0.29, 0.717) is 0 Å². The molecule has 84 valence electrons. The fourth-order valence-electron chi connectivity index (χ4n) is 1.36. The Hall–Kier alpha value is -0.0200. The first kappa shape index (κ1) is 13.0. The van der Waals surface area contributed by atoms with Crippen molar-refractivity contribution in [2.24, 2.45) is 0 Å². The van der Waals surface area contributed by atoms with Crippen molar-refractivity contribution in [3.8, 4) is 0 Å². The highest BCUT2D eigenvalue weighted by molar-refractivity contribution is 9.10. The number of anilines is 1. The van der Waals surface area contributed by atoms with Crippen LogP contribution in [-0.2, 0) is 5.33 Å². The van der Waals surface area contributed by atoms with E-state index in [1.807, 2.05) is 0 Å². The molecule has 1 aromatic rings. The minimum atomic E-state index is 0.137. The highest BCUT2D eigenvalue weighted by atomic mass is 79.9. The Morgan fingerprint density at radius 2 is 1.87 bits per heavy atom. The Morgan fingerprint density at radius 1 is 1.27 bits per heavy atom. The maximum absolute atomic E-state index is 3.59. The van der Waals surface area contributed by atoms with Crippen LogP contribution in [0.2, 0.25) is 0 Å². The molecular weight excluding hydrogens is 318 g/mol. The molecule has 0 aliphatic heterocycles. The van der Waals surface area contributed by atoms with Crippen LogP contribution in [0, 0.1) is 0 Å². The van der Waals surface area contributed by atoms with Crippen molar-refractivity contribution in [2.45, 2.75) is 31.6 Å². The fraction of sp³-hybridized carbons (Fsp3) is 0.500. The average molecular weight is 335 g/mol. The van der Waals surface area contributed by atoms with Gasteiger partial charge in [-0.1, -0.05) is 37.9 Å². The van der Waals surface area contributed by atoms with Gasteiger partial charge in [0.15, 0.2) is 0 Å². The first-order valence-electron chi connectivity index (χ1n) is 4.95. The van der Waals surface area contributed by atoms with E-state index in [4.69, 9.17) is 0 Å². The van der Waals surface area contributed by atoms with Crippen LogP contribution in [0.1, 0.15) is 26.3 Å². The van der Waals surface area contributed by atoms with E-state index in [1.165, 1.54) is 11.3 Å². The molecule has 0 heterocycles. The third kappa shape index (κ3) is 2.97. The van der Waals surface area contributed by atoms with Crippen molar-refractivity contribution in [3.63, 3.8) is 0 Å². The lowest BCUT2D eigenvalue weighted by Crippen LogP contribution is -2.38.